The molecule has 2 aromatic heterocycles. The number of fused-ring (bicyclic) bond motifs is 2. The summed E-state index contributed by atoms with van der Waals surface area (Å²) < 4.78 is 5.88. The van der Waals surface area contributed by atoms with Crippen molar-refractivity contribution in [2.24, 2.45) is 0 Å². The van der Waals surface area contributed by atoms with E-state index in [0.717, 1.165) is 20.8 Å². The molecule has 0 aliphatic heterocycles. The molecule has 0 radical (unpaired) electrons. The van der Waals surface area contributed by atoms with Gasteiger partial charge in [0, 0.05) is 9.86 Å². The van der Waals surface area contributed by atoms with Crippen LogP contribution in [0.3, 0.4) is 0 Å². The lowest BCUT2D eigenvalue weighted by molar-refractivity contribution is 0.443. The van der Waals surface area contributed by atoms with E-state index in [2.05, 4.69) is 26.1 Å². The third-order valence-electron chi connectivity index (χ3n) is 2.25. The van der Waals surface area contributed by atoms with Gasteiger partial charge in [0.1, 0.15) is 0 Å². The topological polar surface area (TPSA) is 64.9 Å². The maximum absolute atomic E-state index is 5.62. The third-order valence-corrected chi connectivity index (χ3v) is 2.75. The zero-order valence-corrected chi connectivity index (χ0v) is 9.15. The van der Waals surface area contributed by atoms with Crippen LogP contribution in [-0.4, -0.2) is 10.1 Å². The van der Waals surface area contributed by atoms with E-state index in [1.807, 2.05) is 24.3 Å². The summed E-state index contributed by atoms with van der Waals surface area (Å²) in [5.74, 6) is 0.305. The van der Waals surface area contributed by atoms with Crippen LogP contribution in [0, 0.1) is 0 Å². The van der Waals surface area contributed by atoms with Crippen LogP contribution < -0.4 is 5.73 Å². The average molecular weight is 264 g/mol. The Morgan fingerprint density at radius 1 is 1.27 bits per heavy atom. The summed E-state index contributed by atoms with van der Waals surface area (Å²) in [6.07, 6.45) is 0. The van der Waals surface area contributed by atoms with Crippen molar-refractivity contribution in [1.82, 2.24) is 10.1 Å². The second kappa shape index (κ2) is 2.93. The van der Waals surface area contributed by atoms with E-state index in [1.54, 1.807) is 0 Å². The van der Waals surface area contributed by atoms with Gasteiger partial charge in [-0.2, -0.15) is 0 Å². The van der Waals surface area contributed by atoms with Crippen molar-refractivity contribution in [1.29, 1.82) is 0 Å². The highest BCUT2D eigenvalue weighted by Gasteiger charge is 2.07. The number of hydrogen-bond acceptors (Lipinski definition) is 4. The van der Waals surface area contributed by atoms with Gasteiger partial charge in [0.15, 0.2) is 0 Å². The molecule has 3 rings (SSSR count). The monoisotopic (exact) mass is 263 g/mol. The number of anilines is 1. The molecule has 2 heterocycles. The van der Waals surface area contributed by atoms with Gasteiger partial charge in [-0.25, -0.2) is 4.98 Å². The first-order chi connectivity index (χ1) is 7.24. The Hall–Kier alpha value is -1.62. The molecule has 0 aliphatic rings. The molecule has 0 saturated heterocycles. The molecule has 0 saturated carbocycles. The molecule has 4 nitrogen and oxygen atoms in total. The number of nitrogens with zero attached hydrogens (tertiary/aromatic N) is 2. The van der Waals surface area contributed by atoms with Crippen molar-refractivity contribution < 1.29 is 4.52 Å². The second-order valence-corrected chi connectivity index (χ2v) is 4.16. The molecule has 0 amide bonds. The SMILES string of the molecule is Nc1onc2nc3ccc(Br)cc3cc12. The minimum absolute atomic E-state index is 0.305. The Morgan fingerprint density at radius 2 is 2.13 bits per heavy atom. The summed E-state index contributed by atoms with van der Waals surface area (Å²) in [6.45, 7) is 0. The number of pyridine rings is 1. The van der Waals surface area contributed by atoms with Gasteiger partial charge in [0.05, 0.1) is 10.9 Å². The Morgan fingerprint density at radius 3 is 3.00 bits per heavy atom. The molecule has 1 aromatic carbocycles. The van der Waals surface area contributed by atoms with E-state index in [4.69, 9.17) is 10.3 Å². The first-order valence-electron chi connectivity index (χ1n) is 4.35. The van der Waals surface area contributed by atoms with Crippen LogP contribution in [0.15, 0.2) is 33.3 Å². The Bertz CT molecular complexity index is 662. The Labute approximate surface area is 93.2 Å². The van der Waals surface area contributed by atoms with Gasteiger partial charge in [-0.3, -0.25) is 0 Å². The van der Waals surface area contributed by atoms with Crippen LogP contribution in [0.1, 0.15) is 0 Å². The maximum atomic E-state index is 5.62. The van der Waals surface area contributed by atoms with Crippen molar-refractivity contribution in [3.63, 3.8) is 0 Å². The first-order valence-corrected chi connectivity index (χ1v) is 5.14. The fraction of sp³-hybridized carbons (Fsp3) is 0. The van der Waals surface area contributed by atoms with E-state index in [9.17, 15) is 0 Å². The normalized spacial score (nSPS) is 11.3. The molecule has 0 atom stereocenters. The van der Waals surface area contributed by atoms with E-state index >= 15 is 0 Å². The van der Waals surface area contributed by atoms with Crippen molar-refractivity contribution in [2.75, 3.05) is 5.73 Å². The smallest absolute Gasteiger partial charge is 0.231 e. The Balaban J connectivity index is 2.50. The van der Waals surface area contributed by atoms with Crippen LogP contribution in [0.2, 0.25) is 0 Å². The van der Waals surface area contributed by atoms with Gasteiger partial charge >= 0.3 is 0 Å². The molecule has 0 aliphatic carbocycles. The number of nitrogens with two attached hydrogens (primary N) is 1. The van der Waals surface area contributed by atoms with Crippen LogP contribution in [0.4, 0.5) is 5.88 Å². The zero-order valence-electron chi connectivity index (χ0n) is 7.57. The van der Waals surface area contributed by atoms with E-state index < -0.39 is 0 Å². The summed E-state index contributed by atoms with van der Waals surface area (Å²) in [6, 6.07) is 7.76. The number of rotatable bonds is 0. The summed E-state index contributed by atoms with van der Waals surface area (Å²) in [4.78, 5) is 4.33. The van der Waals surface area contributed by atoms with Gasteiger partial charge in [0.25, 0.3) is 0 Å². The predicted octanol–water partition coefficient (Wildman–Crippen LogP) is 2.72. The minimum Gasteiger partial charge on any atom is -0.367 e. The molecule has 2 N–H and O–H groups in total. The van der Waals surface area contributed by atoms with Gasteiger partial charge in [-0.15, -0.1) is 0 Å². The van der Waals surface area contributed by atoms with E-state index in [1.165, 1.54) is 0 Å². The molecule has 0 unspecified atom stereocenters. The highest BCUT2D eigenvalue weighted by atomic mass is 79.9. The number of hydrogen-bond donors (Lipinski definition) is 1. The van der Waals surface area contributed by atoms with E-state index in [-0.39, 0.29) is 0 Å². The molecule has 5 heteroatoms. The number of benzene rings is 1. The highest BCUT2D eigenvalue weighted by molar-refractivity contribution is 9.10. The van der Waals surface area contributed by atoms with Crippen molar-refractivity contribution in [2.45, 2.75) is 0 Å². The highest BCUT2D eigenvalue weighted by Crippen LogP contribution is 2.25. The molecular formula is C10H6BrN3O. The molecule has 15 heavy (non-hydrogen) atoms. The standard InChI is InChI=1S/C10H6BrN3O/c11-6-1-2-8-5(3-6)4-7-9(12)15-14-10(7)13-8/h1-4H,12H2. The fourth-order valence-electron chi connectivity index (χ4n) is 1.53. The van der Waals surface area contributed by atoms with Crippen LogP contribution in [0.5, 0.6) is 0 Å². The van der Waals surface area contributed by atoms with Crippen molar-refractivity contribution >= 4 is 43.8 Å². The van der Waals surface area contributed by atoms with Gasteiger partial charge in [0.2, 0.25) is 11.5 Å². The zero-order chi connectivity index (χ0) is 10.4. The average Bonchev–Trinajstić information content (AvgIpc) is 2.57. The number of halogens is 1. The number of nitrogen functional groups attached to an aromatic ring is 1. The molecule has 3 aromatic rings. The summed E-state index contributed by atoms with van der Waals surface area (Å²) >= 11 is 3.41. The number of aromatic nitrogens is 2. The quantitative estimate of drug-likeness (QED) is 0.678. The molecule has 0 bridgehead atoms. The second-order valence-electron chi connectivity index (χ2n) is 3.24. The van der Waals surface area contributed by atoms with Gasteiger partial charge < -0.3 is 10.3 Å². The summed E-state index contributed by atoms with van der Waals surface area (Å²) in [5.41, 5.74) is 7.04. The largest absolute Gasteiger partial charge is 0.367 e. The first kappa shape index (κ1) is 8.67. The predicted molar refractivity (Wildman–Crippen MR) is 61.4 cm³/mol. The minimum atomic E-state index is 0.305. The molecule has 0 fully saturated rings. The lowest BCUT2D eigenvalue weighted by atomic mass is 10.2. The Kier molecular flexibility index (Phi) is 1.70. The molecule has 0 spiro atoms. The lowest BCUT2D eigenvalue weighted by Crippen LogP contribution is -1.83. The summed E-state index contributed by atoms with van der Waals surface area (Å²) in [5, 5.41) is 5.52. The molecule has 74 valence electrons. The van der Waals surface area contributed by atoms with Gasteiger partial charge in [-0.1, -0.05) is 21.1 Å². The van der Waals surface area contributed by atoms with Gasteiger partial charge in [-0.05, 0) is 24.3 Å². The maximum Gasteiger partial charge on any atom is 0.231 e. The molecular weight excluding hydrogens is 258 g/mol. The van der Waals surface area contributed by atoms with E-state index in [0.29, 0.717) is 11.5 Å². The lowest BCUT2D eigenvalue weighted by Gasteiger charge is -1.97. The summed E-state index contributed by atoms with van der Waals surface area (Å²) in [7, 11) is 0. The fourth-order valence-corrected chi connectivity index (χ4v) is 1.91. The van der Waals surface area contributed by atoms with Crippen molar-refractivity contribution in [3.8, 4) is 0 Å². The van der Waals surface area contributed by atoms with Crippen LogP contribution >= 0.6 is 15.9 Å². The van der Waals surface area contributed by atoms with Crippen molar-refractivity contribution in [3.05, 3.63) is 28.7 Å². The van der Waals surface area contributed by atoms with Crippen LogP contribution in [0.25, 0.3) is 21.9 Å². The third kappa shape index (κ3) is 1.27. The van der Waals surface area contributed by atoms with Crippen LogP contribution in [-0.2, 0) is 0 Å².